The Hall–Kier alpha value is -2.10. The monoisotopic (exact) mass is 480 g/mol. The minimum absolute atomic E-state index is 0.0425. The molecule has 1 unspecified atom stereocenters. The van der Waals surface area contributed by atoms with Crippen molar-refractivity contribution in [2.75, 3.05) is 19.8 Å². The number of rotatable bonds is 12. The molecule has 3 rings (SSSR count). The first kappa shape index (κ1) is 24.5. The van der Waals surface area contributed by atoms with Gasteiger partial charge in [-0.15, -0.1) is 11.3 Å². The summed E-state index contributed by atoms with van der Waals surface area (Å²) in [5.41, 5.74) is 0. The number of nitrogens with one attached hydrogen (secondary N) is 2. The maximum absolute atomic E-state index is 12.5. The smallest absolute Gasteiger partial charge is 0.240 e. The van der Waals surface area contributed by atoms with Crippen LogP contribution in [0.25, 0.3) is 0 Å². The van der Waals surface area contributed by atoms with E-state index in [1.165, 1.54) is 17.0 Å². The fourth-order valence-electron chi connectivity index (χ4n) is 3.54. The minimum Gasteiger partial charge on any atom is -0.486 e. The maximum atomic E-state index is 12.5. The number of fused-ring (bicyclic) bond motifs is 1. The van der Waals surface area contributed by atoms with Gasteiger partial charge in [-0.05, 0) is 48.8 Å². The van der Waals surface area contributed by atoms with Crippen LogP contribution in [0.2, 0.25) is 0 Å². The van der Waals surface area contributed by atoms with Crippen molar-refractivity contribution in [2.45, 2.75) is 56.9 Å². The summed E-state index contributed by atoms with van der Waals surface area (Å²) in [7, 11) is -3.61. The lowest BCUT2D eigenvalue weighted by atomic mass is 10.0. The predicted octanol–water partition coefficient (Wildman–Crippen LogP) is 4.26. The summed E-state index contributed by atoms with van der Waals surface area (Å²) >= 11 is 1.66. The van der Waals surface area contributed by atoms with E-state index in [-0.39, 0.29) is 16.8 Å². The molecular weight excluding hydrogens is 448 g/mol. The quantitative estimate of drug-likeness (QED) is 0.443. The van der Waals surface area contributed by atoms with Crippen LogP contribution in [0.4, 0.5) is 0 Å². The van der Waals surface area contributed by atoms with E-state index in [2.05, 4.69) is 30.0 Å². The Bertz CT molecular complexity index is 974. The number of unbranched alkanes of at least 4 members (excludes halogenated alkanes) is 2. The molecule has 32 heavy (non-hydrogen) atoms. The Labute approximate surface area is 194 Å². The maximum Gasteiger partial charge on any atom is 0.240 e. The van der Waals surface area contributed by atoms with Gasteiger partial charge in [0.05, 0.1) is 10.9 Å². The molecule has 0 saturated heterocycles. The Kier molecular flexibility index (Phi) is 8.95. The fourth-order valence-corrected chi connectivity index (χ4v) is 5.42. The highest BCUT2D eigenvalue weighted by molar-refractivity contribution is 7.89. The molecule has 176 valence electrons. The van der Waals surface area contributed by atoms with Crippen LogP contribution in [0.15, 0.2) is 40.6 Å². The molecule has 9 heteroatoms. The summed E-state index contributed by atoms with van der Waals surface area (Å²) in [6, 6.07) is 8.74. The molecule has 2 heterocycles. The van der Waals surface area contributed by atoms with Crippen LogP contribution < -0.4 is 19.5 Å². The highest BCUT2D eigenvalue weighted by Gasteiger charge is 2.19. The number of sulfonamides is 1. The van der Waals surface area contributed by atoms with E-state index in [1.54, 1.807) is 17.4 Å². The SMILES string of the molecule is CC(C)CC(NC(=O)CCCCCNS(=O)(=O)c1ccc2c(c1)OCCO2)c1cccs1. The molecule has 7 nitrogen and oxygen atoms in total. The third kappa shape index (κ3) is 7.21. The van der Waals surface area contributed by atoms with Gasteiger partial charge >= 0.3 is 0 Å². The zero-order valence-corrected chi connectivity index (χ0v) is 20.3. The first-order valence-electron chi connectivity index (χ1n) is 11.1. The zero-order valence-electron chi connectivity index (χ0n) is 18.6. The summed E-state index contributed by atoms with van der Waals surface area (Å²) in [4.78, 5) is 13.7. The highest BCUT2D eigenvalue weighted by atomic mass is 32.2. The third-order valence-electron chi connectivity index (χ3n) is 5.13. The number of hydrogen-bond donors (Lipinski definition) is 2. The molecule has 2 aromatic rings. The number of carbonyl (C=O) groups is 1. The van der Waals surface area contributed by atoms with Gasteiger partial charge in [0.2, 0.25) is 15.9 Å². The third-order valence-corrected chi connectivity index (χ3v) is 7.57. The van der Waals surface area contributed by atoms with Crippen LogP contribution in [0.1, 0.15) is 56.9 Å². The molecule has 1 aliphatic heterocycles. The number of hydrogen-bond acceptors (Lipinski definition) is 6. The number of benzene rings is 1. The average molecular weight is 481 g/mol. The van der Waals surface area contributed by atoms with E-state index in [0.717, 1.165) is 19.3 Å². The van der Waals surface area contributed by atoms with Crippen molar-refractivity contribution in [3.8, 4) is 11.5 Å². The van der Waals surface area contributed by atoms with Gasteiger partial charge in [-0.2, -0.15) is 0 Å². The second kappa shape index (κ2) is 11.7. The number of ether oxygens (including phenoxy) is 2. The molecule has 1 amide bonds. The van der Waals surface area contributed by atoms with E-state index in [9.17, 15) is 13.2 Å². The van der Waals surface area contributed by atoms with Crippen molar-refractivity contribution >= 4 is 27.3 Å². The van der Waals surface area contributed by atoms with Crippen molar-refractivity contribution < 1.29 is 22.7 Å². The molecule has 1 aliphatic rings. The molecule has 0 radical (unpaired) electrons. The molecule has 1 aromatic carbocycles. The lowest BCUT2D eigenvalue weighted by Crippen LogP contribution is -2.29. The first-order chi connectivity index (χ1) is 15.3. The second-order valence-electron chi connectivity index (χ2n) is 8.28. The van der Waals surface area contributed by atoms with E-state index in [1.807, 2.05) is 11.4 Å². The largest absolute Gasteiger partial charge is 0.486 e. The summed E-state index contributed by atoms with van der Waals surface area (Å²) in [6.07, 6.45) is 3.50. The lowest BCUT2D eigenvalue weighted by Gasteiger charge is -2.19. The molecule has 0 bridgehead atoms. The van der Waals surface area contributed by atoms with E-state index in [0.29, 0.717) is 50.0 Å². The van der Waals surface area contributed by atoms with E-state index >= 15 is 0 Å². The lowest BCUT2D eigenvalue weighted by molar-refractivity contribution is -0.122. The van der Waals surface area contributed by atoms with Crippen LogP contribution in [-0.2, 0) is 14.8 Å². The number of thiophene rings is 1. The van der Waals surface area contributed by atoms with Gasteiger partial charge in [-0.1, -0.05) is 26.3 Å². The predicted molar refractivity (Wildman–Crippen MR) is 126 cm³/mol. The zero-order chi connectivity index (χ0) is 23.0. The fraction of sp³-hybridized carbons (Fsp3) is 0.522. The van der Waals surface area contributed by atoms with Gasteiger partial charge in [-0.25, -0.2) is 13.1 Å². The molecule has 0 fully saturated rings. The molecule has 2 N–H and O–H groups in total. The summed E-state index contributed by atoms with van der Waals surface area (Å²) in [6.45, 7) is 5.49. The molecular formula is C23H32N2O5S2. The summed E-state index contributed by atoms with van der Waals surface area (Å²) in [5.74, 6) is 1.54. The molecule has 0 aliphatic carbocycles. The number of amides is 1. The van der Waals surface area contributed by atoms with Crippen molar-refractivity contribution in [1.82, 2.24) is 10.0 Å². The Morgan fingerprint density at radius 1 is 1.09 bits per heavy atom. The normalized spacial score (nSPS) is 14.3. The first-order valence-corrected chi connectivity index (χ1v) is 13.4. The highest BCUT2D eigenvalue weighted by Crippen LogP contribution is 2.32. The molecule has 1 aromatic heterocycles. The van der Waals surface area contributed by atoms with Gasteiger partial charge in [0.25, 0.3) is 0 Å². The minimum atomic E-state index is -3.61. The van der Waals surface area contributed by atoms with Gasteiger partial charge in [-0.3, -0.25) is 4.79 Å². The van der Waals surface area contributed by atoms with Gasteiger partial charge < -0.3 is 14.8 Å². The number of carbonyl (C=O) groups excluding carboxylic acids is 1. The van der Waals surface area contributed by atoms with Crippen LogP contribution in [0, 0.1) is 5.92 Å². The van der Waals surface area contributed by atoms with Crippen molar-refractivity contribution in [1.29, 1.82) is 0 Å². The average Bonchev–Trinajstić information content (AvgIpc) is 3.30. The van der Waals surface area contributed by atoms with Crippen LogP contribution in [0.5, 0.6) is 11.5 Å². The van der Waals surface area contributed by atoms with E-state index < -0.39 is 10.0 Å². The van der Waals surface area contributed by atoms with Crippen molar-refractivity contribution in [3.05, 3.63) is 40.6 Å². The standard InChI is InChI=1S/C23H32N2O5S2/c1-17(2)15-19(22-7-6-14-31-22)25-23(26)8-4-3-5-11-24-32(27,28)18-9-10-20-21(16-18)30-13-12-29-20/h6-7,9-10,14,16-17,19,24H,3-5,8,11-13,15H2,1-2H3,(H,25,26). The van der Waals surface area contributed by atoms with Crippen LogP contribution in [-0.4, -0.2) is 34.1 Å². The van der Waals surface area contributed by atoms with Gasteiger partial charge in [0.1, 0.15) is 13.2 Å². The molecule has 1 atom stereocenters. The molecule has 0 spiro atoms. The van der Waals surface area contributed by atoms with Gasteiger partial charge in [0.15, 0.2) is 11.5 Å². The Morgan fingerprint density at radius 2 is 1.88 bits per heavy atom. The van der Waals surface area contributed by atoms with Crippen LogP contribution in [0.3, 0.4) is 0 Å². The second-order valence-corrected chi connectivity index (χ2v) is 11.0. The topological polar surface area (TPSA) is 93.7 Å². The van der Waals surface area contributed by atoms with Crippen molar-refractivity contribution in [3.63, 3.8) is 0 Å². The van der Waals surface area contributed by atoms with Gasteiger partial charge in [0, 0.05) is 23.9 Å². The Morgan fingerprint density at radius 3 is 2.59 bits per heavy atom. The van der Waals surface area contributed by atoms with Crippen molar-refractivity contribution in [2.24, 2.45) is 5.92 Å². The van der Waals surface area contributed by atoms with E-state index in [4.69, 9.17) is 9.47 Å². The van der Waals surface area contributed by atoms with Crippen LogP contribution >= 0.6 is 11.3 Å². The molecule has 0 saturated carbocycles. The summed E-state index contributed by atoms with van der Waals surface area (Å²) < 4.78 is 38.5. The summed E-state index contributed by atoms with van der Waals surface area (Å²) in [5, 5.41) is 5.18. The Balaban J connectivity index is 1.37.